The predicted octanol–water partition coefficient (Wildman–Crippen LogP) is 3.15. The molecule has 2 N–H and O–H groups in total. The first-order valence-corrected chi connectivity index (χ1v) is 7.48. The highest BCUT2D eigenvalue weighted by atomic mass is 16.3. The van der Waals surface area contributed by atoms with Gasteiger partial charge in [0.1, 0.15) is 17.1 Å². The Morgan fingerprint density at radius 3 is 2.67 bits per heavy atom. The lowest BCUT2D eigenvalue weighted by molar-refractivity contribution is 0.187. The summed E-state index contributed by atoms with van der Waals surface area (Å²) in [6.07, 6.45) is 3.62. The molecule has 2 aromatic rings. The SMILES string of the molecule is CCCCCc1cc(O)cc2oc(CC(C)O)cc(=O)c12. The Kier molecular flexibility index (Phi) is 5.02. The van der Waals surface area contributed by atoms with Crippen molar-refractivity contribution in [3.05, 3.63) is 39.7 Å². The summed E-state index contributed by atoms with van der Waals surface area (Å²) in [5, 5.41) is 19.8. The van der Waals surface area contributed by atoms with Crippen LogP contribution >= 0.6 is 0 Å². The number of hydrogen-bond acceptors (Lipinski definition) is 4. The van der Waals surface area contributed by atoms with E-state index in [1.54, 1.807) is 13.0 Å². The predicted molar refractivity (Wildman–Crippen MR) is 82.8 cm³/mol. The van der Waals surface area contributed by atoms with Gasteiger partial charge in [0.05, 0.1) is 11.5 Å². The third-order valence-electron chi connectivity index (χ3n) is 3.49. The van der Waals surface area contributed by atoms with Crippen molar-refractivity contribution in [2.75, 3.05) is 0 Å². The Morgan fingerprint density at radius 2 is 2.00 bits per heavy atom. The molecule has 21 heavy (non-hydrogen) atoms. The van der Waals surface area contributed by atoms with E-state index in [0.717, 1.165) is 31.2 Å². The van der Waals surface area contributed by atoms with Crippen LogP contribution in [0.2, 0.25) is 0 Å². The second kappa shape index (κ2) is 6.76. The quantitative estimate of drug-likeness (QED) is 0.802. The number of aromatic hydroxyl groups is 1. The molecule has 1 aromatic carbocycles. The van der Waals surface area contributed by atoms with E-state index in [2.05, 4.69) is 6.92 Å². The van der Waals surface area contributed by atoms with Gasteiger partial charge in [0, 0.05) is 18.6 Å². The van der Waals surface area contributed by atoms with Gasteiger partial charge in [-0.1, -0.05) is 19.8 Å². The molecule has 0 fully saturated rings. The number of aliphatic hydroxyl groups is 1. The molecule has 114 valence electrons. The topological polar surface area (TPSA) is 70.7 Å². The number of phenols is 1. The minimum absolute atomic E-state index is 0.103. The van der Waals surface area contributed by atoms with Crippen LogP contribution in [-0.4, -0.2) is 16.3 Å². The third-order valence-corrected chi connectivity index (χ3v) is 3.49. The van der Waals surface area contributed by atoms with Gasteiger partial charge in [-0.15, -0.1) is 0 Å². The van der Waals surface area contributed by atoms with Gasteiger partial charge in [-0.2, -0.15) is 0 Å². The highest BCUT2D eigenvalue weighted by Crippen LogP contribution is 2.25. The summed E-state index contributed by atoms with van der Waals surface area (Å²) in [6.45, 7) is 3.76. The Hall–Kier alpha value is -1.81. The number of unbranched alkanes of at least 4 members (excludes halogenated alkanes) is 2. The lowest BCUT2D eigenvalue weighted by Crippen LogP contribution is -2.10. The summed E-state index contributed by atoms with van der Waals surface area (Å²) in [5.74, 6) is 0.541. The van der Waals surface area contributed by atoms with E-state index in [-0.39, 0.29) is 17.6 Å². The first-order chi connectivity index (χ1) is 10.0. The number of aliphatic hydroxyl groups excluding tert-OH is 1. The molecule has 0 saturated heterocycles. The third kappa shape index (κ3) is 3.85. The van der Waals surface area contributed by atoms with Crippen LogP contribution in [0.1, 0.15) is 44.4 Å². The minimum atomic E-state index is -0.577. The van der Waals surface area contributed by atoms with Crippen molar-refractivity contribution in [2.24, 2.45) is 0 Å². The van der Waals surface area contributed by atoms with E-state index in [9.17, 15) is 15.0 Å². The summed E-state index contributed by atoms with van der Waals surface area (Å²) >= 11 is 0. The van der Waals surface area contributed by atoms with Crippen LogP contribution in [0.4, 0.5) is 0 Å². The van der Waals surface area contributed by atoms with Crippen molar-refractivity contribution in [2.45, 2.75) is 52.1 Å². The molecular weight excluding hydrogens is 268 g/mol. The summed E-state index contributed by atoms with van der Waals surface area (Å²) in [4.78, 5) is 12.3. The summed E-state index contributed by atoms with van der Waals surface area (Å²) < 4.78 is 5.66. The van der Waals surface area contributed by atoms with Gasteiger partial charge < -0.3 is 14.6 Å². The highest BCUT2D eigenvalue weighted by Gasteiger charge is 2.12. The van der Waals surface area contributed by atoms with E-state index in [1.807, 2.05) is 0 Å². The summed E-state index contributed by atoms with van der Waals surface area (Å²) in [5.41, 5.74) is 1.11. The number of hydrogen-bond donors (Lipinski definition) is 2. The average Bonchev–Trinajstić information content (AvgIpc) is 2.36. The smallest absolute Gasteiger partial charge is 0.193 e. The summed E-state index contributed by atoms with van der Waals surface area (Å²) in [7, 11) is 0. The van der Waals surface area contributed by atoms with Gasteiger partial charge in [-0.05, 0) is 31.4 Å². The molecule has 0 aliphatic heterocycles. The van der Waals surface area contributed by atoms with E-state index in [4.69, 9.17) is 4.42 Å². The largest absolute Gasteiger partial charge is 0.508 e. The lowest BCUT2D eigenvalue weighted by Gasteiger charge is -2.09. The molecule has 4 nitrogen and oxygen atoms in total. The zero-order valence-electron chi connectivity index (χ0n) is 12.6. The van der Waals surface area contributed by atoms with E-state index in [0.29, 0.717) is 16.7 Å². The van der Waals surface area contributed by atoms with Gasteiger partial charge in [0.15, 0.2) is 5.43 Å². The highest BCUT2D eigenvalue weighted by molar-refractivity contribution is 5.82. The molecule has 0 saturated carbocycles. The number of aryl methyl sites for hydroxylation is 1. The average molecular weight is 290 g/mol. The molecule has 0 aliphatic carbocycles. The normalized spacial score (nSPS) is 12.7. The zero-order chi connectivity index (χ0) is 15.4. The minimum Gasteiger partial charge on any atom is -0.508 e. The molecule has 2 rings (SSSR count). The van der Waals surface area contributed by atoms with Crippen molar-refractivity contribution >= 4 is 11.0 Å². The van der Waals surface area contributed by atoms with Crippen LogP contribution in [0.25, 0.3) is 11.0 Å². The van der Waals surface area contributed by atoms with Crippen molar-refractivity contribution in [3.63, 3.8) is 0 Å². The van der Waals surface area contributed by atoms with Gasteiger partial charge >= 0.3 is 0 Å². The second-order valence-electron chi connectivity index (χ2n) is 5.57. The molecule has 0 bridgehead atoms. The summed E-state index contributed by atoms with van der Waals surface area (Å²) in [6, 6.07) is 4.55. The van der Waals surface area contributed by atoms with Gasteiger partial charge in [0.25, 0.3) is 0 Å². The maximum Gasteiger partial charge on any atom is 0.193 e. The van der Waals surface area contributed by atoms with E-state index >= 15 is 0 Å². The Bertz CT molecular complexity index is 670. The van der Waals surface area contributed by atoms with Crippen molar-refractivity contribution in [3.8, 4) is 5.75 Å². The molecule has 1 aromatic heterocycles. The number of rotatable bonds is 6. The fraction of sp³-hybridized carbons (Fsp3) is 0.471. The molecule has 0 aliphatic rings. The lowest BCUT2D eigenvalue weighted by atomic mass is 10.0. The molecule has 0 radical (unpaired) electrons. The van der Waals surface area contributed by atoms with Crippen LogP contribution in [0.15, 0.2) is 27.4 Å². The van der Waals surface area contributed by atoms with Crippen molar-refractivity contribution in [1.29, 1.82) is 0 Å². The van der Waals surface area contributed by atoms with Gasteiger partial charge in [-0.3, -0.25) is 4.79 Å². The molecule has 1 heterocycles. The Labute approximate surface area is 124 Å². The fourth-order valence-electron chi connectivity index (χ4n) is 2.56. The van der Waals surface area contributed by atoms with Crippen LogP contribution in [0, 0.1) is 0 Å². The van der Waals surface area contributed by atoms with Gasteiger partial charge in [0.2, 0.25) is 0 Å². The molecule has 0 amide bonds. The maximum absolute atomic E-state index is 12.3. The van der Waals surface area contributed by atoms with Crippen LogP contribution in [0.5, 0.6) is 5.75 Å². The molecule has 4 heteroatoms. The Morgan fingerprint density at radius 1 is 1.24 bits per heavy atom. The Balaban J connectivity index is 2.48. The number of fused-ring (bicyclic) bond motifs is 1. The molecule has 1 atom stereocenters. The first kappa shape index (κ1) is 15.6. The monoisotopic (exact) mass is 290 g/mol. The second-order valence-corrected chi connectivity index (χ2v) is 5.57. The molecule has 1 unspecified atom stereocenters. The van der Waals surface area contributed by atoms with Crippen LogP contribution in [-0.2, 0) is 12.8 Å². The number of phenolic OH excluding ortho intramolecular Hbond substituents is 1. The standard InChI is InChI=1S/C17H22O4/c1-3-4-5-6-12-8-13(19)9-16-17(12)15(20)10-14(21-16)7-11(2)18/h8-11,18-19H,3-7H2,1-2H3. The van der Waals surface area contributed by atoms with Crippen LogP contribution < -0.4 is 5.43 Å². The fourth-order valence-corrected chi connectivity index (χ4v) is 2.56. The van der Waals surface area contributed by atoms with Crippen LogP contribution in [0.3, 0.4) is 0 Å². The maximum atomic E-state index is 12.3. The number of benzene rings is 1. The van der Waals surface area contributed by atoms with E-state index in [1.165, 1.54) is 12.1 Å². The molecule has 0 spiro atoms. The van der Waals surface area contributed by atoms with E-state index < -0.39 is 6.10 Å². The van der Waals surface area contributed by atoms with Crippen molar-refractivity contribution < 1.29 is 14.6 Å². The zero-order valence-corrected chi connectivity index (χ0v) is 12.6. The van der Waals surface area contributed by atoms with Crippen molar-refractivity contribution in [1.82, 2.24) is 0 Å². The molecular formula is C17H22O4. The van der Waals surface area contributed by atoms with Gasteiger partial charge in [-0.25, -0.2) is 0 Å². The first-order valence-electron chi connectivity index (χ1n) is 7.48.